The molecule has 0 unspecified atom stereocenters. The van der Waals surface area contributed by atoms with E-state index in [-0.39, 0.29) is 36.7 Å². The van der Waals surface area contributed by atoms with Gasteiger partial charge in [0.2, 0.25) is 0 Å². The molecule has 5 saturated heterocycles. The summed E-state index contributed by atoms with van der Waals surface area (Å²) in [4.78, 5) is 61.7. The van der Waals surface area contributed by atoms with E-state index < -0.39 is 41.2 Å². The average Bonchev–Trinajstić information content (AvgIpc) is 4.09. The number of esters is 1. The Balaban J connectivity index is 1.07. The van der Waals surface area contributed by atoms with Crippen LogP contribution in [0.1, 0.15) is 108 Å². The molecule has 1 aromatic carbocycles. The Hall–Kier alpha value is -4.73. The van der Waals surface area contributed by atoms with Gasteiger partial charge >= 0.3 is 12.1 Å². The summed E-state index contributed by atoms with van der Waals surface area (Å²) in [6, 6.07) is 6.93. The predicted molar refractivity (Wildman–Crippen MR) is 285 cm³/mol. The summed E-state index contributed by atoms with van der Waals surface area (Å²) in [6.45, 7) is 20.2. The Morgan fingerprint density at radius 2 is 1.71 bits per heavy atom. The number of carbonyl (C=O) groups excluding carboxylic acids is 3. The van der Waals surface area contributed by atoms with Crippen LogP contribution in [0.4, 0.5) is 10.5 Å². The zero-order chi connectivity index (χ0) is 52.2. The van der Waals surface area contributed by atoms with Gasteiger partial charge in [0.1, 0.15) is 22.7 Å². The largest absolute Gasteiger partial charge is 0.464 e. The van der Waals surface area contributed by atoms with Crippen LogP contribution in [-0.2, 0) is 51.0 Å². The molecule has 3 aromatic heterocycles. The van der Waals surface area contributed by atoms with Crippen molar-refractivity contribution in [1.29, 1.82) is 0 Å². The molecule has 0 radical (unpaired) electrons. The molecule has 8 aliphatic rings. The highest BCUT2D eigenvalue weighted by Crippen LogP contribution is 2.45. The van der Waals surface area contributed by atoms with E-state index in [1.165, 1.54) is 24.2 Å². The van der Waals surface area contributed by atoms with Gasteiger partial charge in [0, 0.05) is 111 Å². The molecule has 406 valence electrons. The number of morpholine rings is 1. The van der Waals surface area contributed by atoms with Crippen LogP contribution in [-0.4, -0.2) is 169 Å². The Morgan fingerprint density at radius 3 is 2.43 bits per heavy atom. The Labute approximate surface area is 445 Å². The highest BCUT2D eigenvalue weighted by Gasteiger charge is 2.53. The van der Waals surface area contributed by atoms with Crippen LogP contribution in [0.2, 0.25) is 0 Å². The fourth-order valence-electron chi connectivity index (χ4n) is 12.1. The van der Waals surface area contributed by atoms with Crippen LogP contribution < -0.4 is 15.6 Å². The normalized spacial score (nSPS) is 26.6. The molecule has 0 spiro atoms. The number of hydrogen-bond donors (Lipinski definition) is 2. The van der Waals surface area contributed by atoms with E-state index in [2.05, 4.69) is 80.4 Å². The minimum Gasteiger partial charge on any atom is -0.464 e. The molecular weight excluding hydrogens is 975 g/mol. The molecule has 12 rings (SSSR count). The number of alkyl carbamates (subject to hydrolysis) is 1. The first-order chi connectivity index (χ1) is 36.1. The van der Waals surface area contributed by atoms with E-state index in [1.807, 2.05) is 6.20 Å². The van der Waals surface area contributed by atoms with Crippen LogP contribution >= 0.6 is 11.3 Å². The molecule has 8 bridgehead atoms. The lowest BCUT2D eigenvalue weighted by molar-refractivity contribution is -0.171. The highest BCUT2D eigenvalue weighted by atomic mass is 32.1. The first-order valence-corrected chi connectivity index (χ1v) is 28.4. The number of nitrogens with one attached hydrogen (secondary N) is 2. The number of pyridine rings is 1. The summed E-state index contributed by atoms with van der Waals surface area (Å²) in [6.07, 6.45) is 7.26. The molecule has 19 heteroatoms. The van der Waals surface area contributed by atoms with Gasteiger partial charge < -0.3 is 43.2 Å². The zero-order valence-corrected chi connectivity index (χ0v) is 45.8. The van der Waals surface area contributed by atoms with Gasteiger partial charge in [-0.05, 0) is 102 Å². The molecule has 2 N–H and O–H groups in total. The van der Waals surface area contributed by atoms with E-state index in [0.29, 0.717) is 76.9 Å². The Kier molecular flexibility index (Phi) is 15.1. The molecular formula is C56H77N9O9S. The number of amides is 2. The number of piperazine rings is 1. The monoisotopic (exact) mass is 1050 g/mol. The van der Waals surface area contributed by atoms with Crippen molar-refractivity contribution in [2.75, 3.05) is 90.9 Å². The summed E-state index contributed by atoms with van der Waals surface area (Å²) in [7, 11) is 1.74. The molecule has 4 atom stereocenters. The Morgan fingerprint density at radius 1 is 0.960 bits per heavy atom. The third-order valence-electron chi connectivity index (χ3n) is 16.4. The standard InChI is InChI=1S/C56H77N9O9S/c1-34(69-7)46-42(29-39(31-57-46)62-16-14-61(15-17-62)37-9-10-37)49-43-30-56(5,6)33-73-53(67)47-36-26-38(27-36)65(60-47)52(66)48(59-54(68)74-55(2,3)4)50(63-18-23-71-24-19-63)51-58-44(32-75-51)35-8-11-45(41(43)28-35)64(49)20-25-72-40-12-21-70-22-13-40/h8,11,28-29,31-32,34,36-38,40,47-48,50,60H,9-10,12-27,30,33H2,1-7H3,(H,59,68)/t34-,36?,38?,47-,48-,50-/m0/s1. The predicted octanol–water partition coefficient (Wildman–Crippen LogP) is 6.90. The van der Waals surface area contributed by atoms with E-state index in [4.69, 9.17) is 38.4 Å². The summed E-state index contributed by atoms with van der Waals surface area (Å²) in [5.74, 6) is -0.766. The van der Waals surface area contributed by atoms with Crippen molar-refractivity contribution < 1.29 is 42.8 Å². The molecule has 75 heavy (non-hydrogen) atoms. The van der Waals surface area contributed by atoms with Gasteiger partial charge in [0.05, 0.1) is 73.6 Å². The number of thiazole rings is 1. The van der Waals surface area contributed by atoms with Gasteiger partial charge in [-0.2, -0.15) is 0 Å². The SMILES string of the molecule is CO[C@@H](C)c1ncc(N2CCN(C3CC3)CC2)cc1-c1c2c3cc(ccc3n1CCOC1CCOCC1)-c1csc(n1)[C@@H](N1CCOCC1)[C@H](NC(=O)OC(C)(C)C)C(=O)N1N[C@H](C(=O)OCC(C)(C)C2)C2CC1C2. The van der Waals surface area contributed by atoms with Crippen LogP contribution in [0, 0.1) is 11.3 Å². The summed E-state index contributed by atoms with van der Waals surface area (Å²) in [5, 5.41) is 8.39. The maximum atomic E-state index is 15.3. The first-order valence-electron chi connectivity index (χ1n) is 27.5. The van der Waals surface area contributed by atoms with Crippen molar-refractivity contribution in [2.45, 2.75) is 141 Å². The maximum Gasteiger partial charge on any atom is 0.408 e. The van der Waals surface area contributed by atoms with E-state index >= 15 is 4.79 Å². The van der Waals surface area contributed by atoms with Crippen LogP contribution in [0.3, 0.4) is 0 Å². The first kappa shape index (κ1) is 52.3. The number of ether oxygens (including phenoxy) is 6. The number of rotatable bonds is 11. The molecule has 2 aliphatic carbocycles. The second-order valence-corrected chi connectivity index (χ2v) is 24.5. The van der Waals surface area contributed by atoms with Crippen molar-refractivity contribution in [2.24, 2.45) is 11.3 Å². The van der Waals surface area contributed by atoms with Gasteiger partial charge in [-0.15, -0.1) is 11.3 Å². The number of methoxy groups -OCH3 is 1. The molecule has 2 amide bonds. The molecule has 18 nitrogen and oxygen atoms in total. The van der Waals surface area contributed by atoms with E-state index in [1.54, 1.807) is 32.9 Å². The van der Waals surface area contributed by atoms with Gasteiger partial charge in [-0.1, -0.05) is 19.9 Å². The molecule has 2 saturated carbocycles. The van der Waals surface area contributed by atoms with Crippen molar-refractivity contribution >= 4 is 45.9 Å². The van der Waals surface area contributed by atoms with E-state index in [0.717, 1.165) is 95.4 Å². The number of anilines is 1. The smallest absolute Gasteiger partial charge is 0.408 e. The van der Waals surface area contributed by atoms with Gasteiger partial charge in [0.15, 0.2) is 0 Å². The molecule has 4 aromatic rings. The molecule has 9 heterocycles. The summed E-state index contributed by atoms with van der Waals surface area (Å²) >= 11 is 1.47. The molecule has 7 fully saturated rings. The van der Waals surface area contributed by atoms with Crippen molar-refractivity contribution in [3.8, 4) is 22.5 Å². The van der Waals surface area contributed by atoms with Crippen molar-refractivity contribution in [3.05, 3.63) is 52.1 Å². The van der Waals surface area contributed by atoms with Gasteiger partial charge in [-0.3, -0.25) is 29.4 Å². The van der Waals surface area contributed by atoms with Crippen molar-refractivity contribution in [1.82, 2.24) is 40.1 Å². The van der Waals surface area contributed by atoms with Gasteiger partial charge in [-0.25, -0.2) is 15.2 Å². The minimum atomic E-state index is -1.12. The number of aromatic nitrogens is 3. The van der Waals surface area contributed by atoms with Gasteiger partial charge in [0.25, 0.3) is 5.91 Å². The zero-order valence-electron chi connectivity index (χ0n) is 44.9. The fraction of sp³-hybridized carbons (Fsp3) is 0.661. The number of fused-ring (bicyclic) bond motifs is 4. The number of cyclic esters (lactones) is 1. The third kappa shape index (κ3) is 11.2. The lowest BCUT2D eigenvalue weighted by Crippen LogP contribution is -2.72. The lowest BCUT2D eigenvalue weighted by Gasteiger charge is -2.53. The lowest BCUT2D eigenvalue weighted by atomic mass is 9.73. The molecule has 6 aliphatic heterocycles. The number of benzene rings is 1. The second-order valence-electron chi connectivity index (χ2n) is 23.6. The highest BCUT2D eigenvalue weighted by molar-refractivity contribution is 7.10. The minimum absolute atomic E-state index is 0.00177. The summed E-state index contributed by atoms with van der Waals surface area (Å²) < 4.78 is 39.0. The Bertz CT molecular complexity index is 2710. The number of hydrazine groups is 1. The fourth-order valence-corrected chi connectivity index (χ4v) is 13.1. The number of hydrogen-bond acceptors (Lipinski definition) is 16. The topological polar surface area (TPSA) is 174 Å². The number of nitrogens with zero attached hydrogens (tertiary/aromatic N) is 7. The van der Waals surface area contributed by atoms with E-state index in [9.17, 15) is 9.59 Å². The maximum absolute atomic E-state index is 15.3. The second kappa shape index (κ2) is 21.6. The van der Waals surface area contributed by atoms with Crippen LogP contribution in [0.5, 0.6) is 0 Å². The van der Waals surface area contributed by atoms with Crippen LogP contribution in [0.25, 0.3) is 33.4 Å². The van der Waals surface area contributed by atoms with Crippen molar-refractivity contribution in [3.63, 3.8) is 0 Å². The number of carbonyl (C=O) groups is 3. The third-order valence-corrected chi connectivity index (χ3v) is 17.3. The average molecular weight is 1050 g/mol. The quantitative estimate of drug-likeness (QED) is 0.148. The van der Waals surface area contributed by atoms with Crippen LogP contribution in [0.15, 0.2) is 35.8 Å². The summed E-state index contributed by atoms with van der Waals surface area (Å²) in [5.41, 5.74) is 9.76.